The van der Waals surface area contributed by atoms with Crippen LogP contribution in [0.25, 0.3) is 0 Å². The van der Waals surface area contributed by atoms with Gasteiger partial charge in [-0.25, -0.2) is 14.4 Å². The Kier molecular flexibility index (Phi) is 6.18. The number of aromatic nitrogens is 2. The zero-order valence-corrected chi connectivity index (χ0v) is 17.6. The fraction of sp³-hybridized carbons (Fsp3) is 0.182. The molecule has 3 N–H and O–H groups in total. The van der Waals surface area contributed by atoms with Crippen molar-refractivity contribution in [3.05, 3.63) is 71.5 Å². The van der Waals surface area contributed by atoms with E-state index in [9.17, 15) is 14.0 Å². The molecule has 2 aromatic carbocycles. The Morgan fingerprint density at radius 3 is 2.78 bits per heavy atom. The second-order valence-electron chi connectivity index (χ2n) is 7.16. The first-order chi connectivity index (χ1) is 15.4. The van der Waals surface area contributed by atoms with E-state index in [0.29, 0.717) is 30.1 Å². The van der Waals surface area contributed by atoms with Gasteiger partial charge in [0.1, 0.15) is 23.8 Å². The lowest BCUT2D eigenvalue weighted by Gasteiger charge is -2.27. The van der Waals surface area contributed by atoms with Crippen LogP contribution in [0.3, 0.4) is 0 Å². The standard InChI is InChI=1S/C22H19ClFN5O3/c23-13-3-6-20(15(24)10-13)32-14-4-5-16(28-22(31)17-7-8-26-12-27-17)19(11-14)29-9-1-2-18(29)21(25)30/h3-8,10-12,18H,1-2,9H2,(H2,25,30)(H,28,31)/t18-/m0/s1. The molecule has 0 aliphatic carbocycles. The average molecular weight is 456 g/mol. The Balaban J connectivity index is 1.69. The normalized spacial score (nSPS) is 15.4. The predicted molar refractivity (Wildman–Crippen MR) is 117 cm³/mol. The summed E-state index contributed by atoms with van der Waals surface area (Å²) in [6.45, 7) is 0.558. The summed E-state index contributed by atoms with van der Waals surface area (Å²) in [7, 11) is 0. The Hall–Kier alpha value is -3.72. The van der Waals surface area contributed by atoms with Crippen molar-refractivity contribution < 1.29 is 18.7 Å². The van der Waals surface area contributed by atoms with Gasteiger partial charge in [-0.05, 0) is 49.2 Å². The zero-order chi connectivity index (χ0) is 22.7. The number of benzene rings is 2. The molecule has 0 spiro atoms. The summed E-state index contributed by atoms with van der Waals surface area (Å²) >= 11 is 5.80. The second kappa shape index (κ2) is 9.19. The van der Waals surface area contributed by atoms with Crippen molar-refractivity contribution in [1.82, 2.24) is 9.97 Å². The number of nitrogens with zero attached hydrogens (tertiary/aromatic N) is 3. The fourth-order valence-corrected chi connectivity index (χ4v) is 3.72. The molecular formula is C22H19ClFN5O3. The summed E-state index contributed by atoms with van der Waals surface area (Å²) in [6.07, 6.45) is 4.08. The van der Waals surface area contributed by atoms with Gasteiger partial charge < -0.3 is 20.7 Å². The van der Waals surface area contributed by atoms with Gasteiger partial charge in [0.2, 0.25) is 5.91 Å². The first-order valence-electron chi connectivity index (χ1n) is 9.82. The zero-order valence-electron chi connectivity index (χ0n) is 16.8. The average Bonchev–Trinajstić information content (AvgIpc) is 3.27. The van der Waals surface area contributed by atoms with Crippen LogP contribution in [-0.2, 0) is 4.79 Å². The number of nitrogens with one attached hydrogen (secondary N) is 1. The quantitative estimate of drug-likeness (QED) is 0.585. The molecule has 8 nitrogen and oxygen atoms in total. The van der Waals surface area contributed by atoms with E-state index in [0.717, 1.165) is 12.5 Å². The van der Waals surface area contributed by atoms with E-state index in [4.69, 9.17) is 22.1 Å². The summed E-state index contributed by atoms with van der Waals surface area (Å²) in [5, 5.41) is 3.05. The Bertz CT molecular complexity index is 1160. The second-order valence-corrected chi connectivity index (χ2v) is 7.59. The van der Waals surface area contributed by atoms with Gasteiger partial charge in [-0.3, -0.25) is 9.59 Å². The molecule has 164 valence electrons. The van der Waals surface area contributed by atoms with Crippen LogP contribution in [0.5, 0.6) is 11.5 Å². The number of ether oxygens (including phenoxy) is 1. The number of halogens is 2. The monoisotopic (exact) mass is 455 g/mol. The number of rotatable bonds is 6. The summed E-state index contributed by atoms with van der Waals surface area (Å²) in [5.74, 6) is -1.22. The third-order valence-corrected chi connectivity index (χ3v) is 5.28. The van der Waals surface area contributed by atoms with Crippen molar-refractivity contribution in [3.8, 4) is 11.5 Å². The SMILES string of the molecule is NC(=O)[C@@H]1CCCN1c1cc(Oc2ccc(Cl)cc2F)ccc1NC(=O)c1ccncn1. The van der Waals surface area contributed by atoms with Gasteiger partial charge in [0, 0.05) is 23.8 Å². The molecule has 32 heavy (non-hydrogen) atoms. The first-order valence-corrected chi connectivity index (χ1v) is 10.2. The van der Waals surface area contributed by atoms with Crippen molar-refractivity contribution in [1.29, 1.82) is 0 Å². The molecule has 0 radical (unpaired) electrons. The molecule has 1 aliphatic heterocycles. The molecule has 1 saturated heterocycles. The minimum Gasteiger partial charge on any atom is -0.454 e. The number of nitrogens with two attached hydrogens (primary N) is 1. The molecule has 0 unspecified atom stereocenters. The highest BCUT2D eigenvalue weighted by Gasteiger charge is 2.31. The van der Waals surface area contributed by atoms with Crippen molar-refractivity contribution in [3.63, 3.8) is 0 Å². The van der Waals surface area contributed by atoms with Crippen molar-refractivity contribution in [2.24, 2.45) is 5.73 Å². The van der Waals surface area contributed by atoms with E-state index in [2.05, 4.69) is 15.3 Å². The molecule has 2 heterocycles. The smallest absolute Gasteiger partial charge is 0.274 e. The van der Waals surface area contributed by atoms with Gasteiger partial charge in [0.05, 0.1) is 11.4 Å². The van der Waals surface area contributed by atoms with Gasteiger partial charge >= 0.3 is 0 Å². The minimum absolute atomic E-state index is 0.00834. The highest BCUT2D eigenvalue weighted by Crippen LogP contribution is 2.37. The summed E-state index contributed by atoms with van der Waals surface area (Å²) in [6, 6.07) is 9.87. The van der Waals surface area contributed by atoms with Crippen LogP contribution in [-0.4, -0.2) is 34.4 Å². The third-order valence-electron chi connectivity index (χ3n) is 5.04. The fourth-order valence-electron chi connectivity index (χ4n) is 3.57. The Morgan fingerprint density at radius 2 is 2.06 bits per heavy atom. The van der Waals surface area contributed by atoms with Gasteiger partial charge in [-0.2, -0.15) is 0 Å². The molecule has 4 rings (SSSR count). The summed E-state index contributed by atoms with van der Waals surface area (Å²) in [5.41, 5.74) is 6.73. The number of amides is 2. The lowest BCUT2D eigenvalue weighted by atomic mass is 10.1. The topological polar surface area (TPSA) is 110 Å². The molecule has 1 fully saturated rings. The number of carbonyl (C=O) groups excluding carboxylic acids is 2. The van der Waals surface area contributed by atoms with Crippen LogP contribution in [0.15, 0.2) is 55.0 Å². The lowest BCUT2D eigenvalue weighted by Crippen LogP contribution is -2.40. The van der Waals surface area contributed by atoms with Crippen LogP contribution in [0, 0.1) is 5.82 Å². The van der Waals surface area contributed by atoms with E-state index in [1.54, 1.807) is 18.2 Å². The van der Waals surface area contributed by atoms with Gasteiger partial charge in [-0.15, -0.1) is 0 Å². The Morgan fingerprint density at radius 1 is 1.22 bits per heavy atom. The number of primary amides is 1. The molecule has 3 aromatic rings. The molecule has 10 heteroatoms. The van der Waals surface area contributed by atoms with E-state index >= 15 is 0 Å². The number of carbonyl (C=O) groups is 2. The van der Waals surface area contributed by atoms with Crippen molar-refractivity contribution in [2.75, 3.05) is 16.8 Å². The summed E-state index contributed by atoms with van der Waals surface area (Å²) in [4.78, 5) is 34.2. The first kappa shape index (κ1) is 21.5. The predicted octanol–water partition coefficient (Wildman–Crippen LogP) is 3.77. The maximum atomic E-state index is 14.2. The van der Waals surface area contributed by atoms with E-state index in [-0.39, 0.29) is 16.5 Å². The number of anilines is 2. The van der Waals surface area contributed by atoms with Crippen LogP contribution in [0.1, 0.15) is 23.3 Å². The largest absolute Gasteiger partial charge is 0.454 e. The minimum atomic E-state index is -0.614. The maximum Gasteiger partial charge on any atom is 0.274 e. The summed E-state index contributed by atoms with van der Waals surface area (Å²) < 4.78 is 19.9. The molecule has 0 saturated carbocycles. The molecule has 1 atom stereocenters. The Labute approximate surface area is 188 Å². The van der Waals surface area contributed by atoms with Crippen molar-refractivity contribution in [2.45, 2.75) is 18.9 Å². The van der Waals surface area contributed by atoms with Crippen molar-refractivity contribution >= 4 is 34.8 Å². The number of hydrogen-bond donors (Lipinski definition) is 2. The highest BCUT2D eigenvalue weighted by molar-refractivity contribution is 6.30. The number of hydrogen-bond acceptors (Lipinski definition) is 6. The molecule has 2 amide bonds. The molecular weight excluding hydrogens is 437 g/mol. The molecule has 0 bridgehead atoms. The maximum absolute atomic E-state index is 14.2. The lowest BCUT2D eigenvalue weighted by molar-refractivity contribution is -0.119. The third kappa shape index (κ3) is 4.62. The molecule has 1 aliphatic rings. The molecule has 1 aromatic heterocycles. The van der Waals surface area contributed by atoms with E-state index in [1.807, 2.05) is 4.90 Å². The van der Waals surface area contributed by atoms with Crippen LogP contribution >= 0.6 is 11.6 Å². The highest BCUT2D eigenvalue weighted by atomic mass is 35.5. The van der Waals surface area contributed by atoms with E-state index < -0.39 is 23.7 Å². The van der Waals surface area contributed by atoms with Crippen LogP contribution in [0.4, 0.5) is 15.8 Å². The van der Waals surface area contributed by atoms with Crippen LogP contribution in [0.2, 0.25) is 5.02 Å². The van der Waals surface area contributed by atoms with Crippen LogP contribution < -0.4 is 20.7 Å². The van der Waals surface area contributed by atoms with Gasteiger partial charge in [0.15, 0.2) is 11.6 Å². The van der Waals surface area contributed by atoms with Gasteiger partial charge in [0.25, 0.3) is 5.91 Å². The van der Waals surface area contributed by atoms with E-state index in [1.165, 1.54) is 30.7 Å². The van der Waals surface area contributed by atoms with Gasteiger partial charge in [-0.1, -0.05) is 11.6 Å².